The second-order valence-electron chi connectivity index (χ2n) is 9.16. The van der Waals surface area contributed by atoms with Crippen LogP contribution in [0.4, 0.5) is 16.2 Å². The third-order valence-corrected chi connectivity index (χ3v) is 6.14. The van der Waals surface area contributed by atoms with E-state index in [0.717, 1.165) is 39.4 Å². The molecule has 4 rings (SSSR count). The summed E-state index contributed by atoms with van der Waals surface area (Å²) >= 11 is 0. The number of hydrogen-bond donors (Lipinski definition) is 2. The molecule has 0 amide bonds. The van der Waals surface area contributed by atoms with E-state index in [1.54, 1.807) is 26.4 Å². The van der Waals surface area contributed by atoms with E-state index in [0.29, 0.717) is 18.0 Å². The summed E-state index contributed by atoms with van der Waals surface area (Å²) in [6.07, 6.45) is 1.46. The van der Waals surface area contributed by atoms with Gasteiger partial charge in [-0.1, -0.05) is 24.3 Å². The lowest BCUT2D eigenvalue weighted by atomic mass is 9.85. The number of hydrogen-bond acceptors (Lipinski definition) is 7. The number of benzene rings is 3. The molecule has 2 N–H and O–H groups in total. The van der Waals surface area contributed by atoms with Crippen molar-refractivity contribution < 1.29 is 23.7 Å². The molecule has 0 radical (unpaired) electrons. The van der Waals surface area contributed by atoms with Crippen LogP contribution in [0.25, 0.3) is 16.7 Å². The third kappa shape index (κ3) is 5.10. The number of anilines is 2. The molecule has 188 valence electrons. The average molecular weight is 489 g/mol. The summed E-state index contributed by atoms with van der Waals surface area (Å²) < 4.78 is 21.1. The Balaban J connectivity index is 1.83. The number of carbonyl (C=O) groups is 1. The first kappa shape index (κ1) is 25.0. The number of carbonyl (C=O) groups excluding carboxylic acids is 1. The summed E-state index contributed by atoms with van der Waals surface area (Å²) in [5, 5.41) is 7.20. The maximum Gasteiger partial charge on any atom is 0.513 e. The van der Waals surface area contributed by atoms with Crippen LogP contribution in [0, 0.1) is 0 Å². The second kappa shape index (κ2) is 10.2. The number of methoxy groups -OCH3 is 3. The van der Waals surface area contributed by atoms with Gasteiger partial charge in [0.25, 0.3) is 0 Å². The molecular formula is C29H32N2O5. The number of ether oxygens (including phenoxy) is 4. The zero-order valence-corrected chi connectivity index (χ0v) is 21.5. The molecule has 7 nitrogen and oxygen atoms in total. The maximum absolute atomic E-state index is 11.6. The first-order valence-electron chi connectivity index (χ1n) is 11.7. The van der Waals surface area contributed by atoms with Gasteiger partial charge in [-0.25, -0.2) is 4.79 Å². The van der Waals surface area contributed by atoms with Crippen molar-refractivity contribution in [2.75, 3.05) is 32.0 Å². The van der Waals surface area contributed by atoms with Gasteiger partial charge in [0, 0.05) is 29.4 Å². The highest BCUT2D eigenvalue weighted by atomic mass is 16.7. The molecule has 1 aliphatic rings. The van der Waals surface area contributed by atoms with Crippen molar-refractivity contribution in [1.29, 1.82) is 0 Å². The van der Waals surface area contributed by atoms with Gasteiger partial charge in [0.1, 0.15) is 17.2 Å². The molecule has 0 fully saturated rings. The predicted molar refractivity (Wildman–Crippen MR) is 143 cm³/mol. The minimum atomic E-state index is -0.783. The van der Waals surface area contributed by atoms with Gasteiger partial charge in [0.05, 0.1) is 32.6 Å². The Morgan fingerprint density at radius 1 is 0.944 bits per heavy atom. The van der Waals surface area contributed by atoms with E-state index in [2.05, 4.69) is 54.4 Å². The van der Waals surface area contributed by atoms with Crippen LogP contribution in [0.3, 0.4) is 0 Å². The highest BCUT2D eigenvalue weighted by Crippen LogP contribution is 2.43. The van der Waals surface area contributed by atoms with Crippen molar-refractivity contribution in [3.05, 3.63) is 71.8 Å². The molecule has 3 aromatic carbocycles. The number of rotatable bonds is 7. The molecule has 0 bridgehead atoms. The van der Waals surface area contributed by atoms with Crippen molar-refractivity contribution in [1.82, 2.24) is 0 Å². The first-order chi connectivity index (χ1) is 17.3. The standard InChI is InChI=1S/C29H32N2O5/c1-18-16-29(2,3)31-24-14-13-20(21-12-11-19(15-26(21)34-5)36-28(32)35-6)22(27(18)24)17-30-23-9-7-8-10-25(23)33-4/h7-16,30-31H,17H2,1-6H3. The average Bonchev–Trinajstić information content (AvgIpc) is 2.86. The molecule has 0 atom stereocenters. The Morgan fingerprint density at radius 2 is 1.67 bits per heavy atom. The summed E-state index contributed by atoms with van der Waals surface area (Å²) in [5.74, 6) is 1.70. The Kier molecular flexibility index (Phi) is 7.10. The van der Waals surface area contributed by atoms with E-state index in [9.17, 15) is 4.79 Å². The summed E-state index contributed by atoms with van der Waals surface area (Å²) in [7, 11) is 4.53. The summed E-state index contributed by atoms with van der Waals surface area (Å²) in [5.41, 5.74) is 7.15. The van der Waals surface area contributed by atoms with Gasteiger partial charge in [0.15, 0.2) is 0 Å². The fourth-order valence-electron chi connectivity index (χ4n) is 4.70. The fraction of sp³-hybridized carbons (Fsp3) is 0.276. The molecular weight excluding hydrogens is 456 g/mol. The van der Waals surface area contributed by atoms with Crippen molar-refractivity contribution in [2.24, 2.45) is 0 Å². The van der Waals surface area contributed by atoms with Gasteiger partial charge >= 0.3 is 6.16 Å². The molecule has 1 aliphatic heterocycles. The van der Waals surface area contributed by atoms with E-state index in [1.165, 1.54) is 12.7 Å². The van der Waals surface area contributed by atoms with Crippen LogP contribution in [0.5, 0.6) is 17.2 Å². The van der Waals surface area contributed by atoms with Crippen LogP contribution in [-0.2, 0) is 11.3 Å². The quantitative estimate of drug-likeness (QED) is 0.282. The predicted octanol–water partition coefficient (Wildman–Crippen LogP) is 6.74. The van der Waals surface area contributed by atoms with Crippen LogP contribution < -0.4 is 24.8 Å². The van der Waals surface area contributed by atoms with Gasteiger partial charge in [-0.15, -0.1) is 0 Å². The van der Waals surface area contributed by atoms with Crippen molar-refractivity contribution in [2.45, 2.75) is 32.9 Å². The lowest BCUT2D eigenvalue weighted by molar-refractivity contribution is 0.121. The summed E-state index contributed by atoms with van der Waals surface area (Å²) in [6, 6.07) is 17.4. The molecule has 0 spiro atoms. The number of para-hydroxylation sites is 2. The van der Waals surface area contributed by atoms with E-state index < -0.39 is 6.16 Å². The largest absolute Gasteiger partial charge is 0.513 e. The first-order valence-corrected chi connectivity index (χ1v) is 11.7. The van der Waals surface area contributed by atoms with E-state index >= 15 is 0 Å². The monoisotopic (exact) mass is 488 g/mol. The number of allylic oxidation sites excluding steroid dienone is 1. The van der Waals surface area contributed by atoms with Gasteiger partial charge in [0.2, 0.25) is 0 Å². The SMILES string of the molecule is COC(=O)Oc1ccc(-c2ccc3c(c2CNc2ccccc2OC)C(C)=CC(C)(C)N3)c(OC)c1. The van der Waals surface area contributed by atoms with E-state index in [1.807, 2.05) is 30.3 Å². The van der Waals surface area contributed by atoms with Crippen LogP contribution in [0.15, 0.2) is 60.7 Å². The van der Waals surface area contributed by atoms with Crippen molar-refractivity contribution >= 4 is 23.1 Å². The number of nitrogens with one attached hydrogen (secondary N) is 2. The van der Waals surface area contributed by atoms with E-state index in [4.69, 9.17) is 14.2 Å². The molecule has 7 heteroatoms. The number of fused-ring (bicyclic) bond motifs is 1. The molecule has 0 saturated carbocycles. The summed E-state index contributed by atoms with van der Waals surface area (Å²) in [4.78, 5) is 11.6. The zero-order valence-electron chi connectivity index (χ0n) is 21.5. The Bertz CT molecular complexity index is 1310. The molecule has 36 heavy (non-hydrogen) atoms. The van der Waals surface area contributed by atoms with Gasteiger partial charge in [-0.05, 0) is 67.8 Å². The molecule has 0 aliphatic carbocycles. The second-order valence-corrected chi connectivity index (χ2v) is 9.16. The molecule has 3 aromatic rings. The molecule has 0 saturated heterocycles. The lowest BCUT2D eigenvalue weighted by Crippen LogP contribution is -2.32. The fourth-order valence-corrected chi connectivity index (χ4v) is 4.70. The Hall–Kier alpha value is -4.13. The van der Waals surface area contributed by atoms with Gasteiger partial charge < -0.3 is 29.6 Å². The highest BCUT2D eigenvalue weighted by Gasteiger charge is 2.27. The lowest BCUT2D eigenvalue weighted by Gasteiger charge is -2.33. The topological polar surface area (TPSA) is 78.1 Å². The molecule has 0 unspecified atom stereocenters. The van der Waals surface area contributed by atoms with Crippen LogP contribution in [0.2, 0.25) is 0 Å². The van der Waals surface area contributed by atoms with Crippen LogP contribution >= 0.6 is 0 Å². The maximum atomic E-state index is 11.6. The molecule has 0 aromatic heterocycles. The smallest absolute Gasteiger partial charge is 0.496 e. The third-order valence-electron chi connectivity index (χ3n) is 6.14. The summed E-state index contributed by atoms with van der Waals surface area (Å²) in [6.45, 7) is 7.00. The van der Waals surface area contributed by atoms with Crippen molar-refractivity contribution in [3.63, 3.8) is 0 Å². The van der Waals surface area contributed by atoms with Crippen molar-refractivity contribution in [3.8, 4) is 28.4 Å². The normalized spacial score (nSPS) is 13.6. The minimum Gasteiger partial charge on any atom is -0.496 e. The Labute approximate surface area is 212 Å². The van der Waals surface area contributed by atoms with Gasteiger partial charge in [-0.3, -0.25) is 0 Å². The Morgan fingerprint density at radius 3 is 2.39 bits per heavy atom. The van der Waals surface area contributed by atoms with Crippen LogP contribution in [-0.4, -0.2) is 33.0 Å². The zero-order chi connectivity index (χ0) is 25.9. The van der Waals surface area contributed by atoms with E-state index in [-0.39, 0.29) is 5.54 Å². The van der Waals surface area contributed by atoms with Gasteiger partial charge in [-0.2, -0.15) is 0 Å². The molecule has 1 heterocycles. The highest BCUT2D eigenvalue weighted by molar-refractivity contribution is 5.89. The minimum absolute atomic E-state index is 0.156. The van der Waals surface area contributed by atoms with Crippen LogP contribution in [0.1, 0.15) is 31.9 Å².